The summed E-state index contributed by atoms with van der Waals surface area (Å²) < 4.78 is 0. The van der Waals surface area contributed by atoms with Crippen molar-refractivity contribution in [2.45, 2.75) is 126 Å². The maximum Gasteiger partial charge on any atom is 0.226 e. The number of carbonyl (C=O) groups is 1. The maximum absolute atomic E-state index is 14.3. The van der Waals surface area contributed by atoms with Crippen molar-refractivity contribution in [1.82, 2.24) is 5.32 Å². The fourth-order valence-electron chi connectivity index (χ4n) is 13.1. The van der Waals surface area contributed by atoms with Gasteiger partial charge in [0.2, 0.25) is 5.91 Å². The second-order valence-corrected chi connectivity index (χ2v) is 16.8. The van der Waals surface area contributed by atoms with Gasteiger partial charge in [0.05, 0.1) is 5.41 Å². The molecule has 1 aromatic carbocycles. The lowest BCUT2D eigenvalue weighted by atomic mass is 9.31. The average molecular weight is 558 g/mol. The van der Waals surface area contributed by atoms with Crippen LogP contribution < -0.4 is 5.32 Å². The van der Waals surface area contributed by atoms with Crippen LogP contribution in [0.1, 0.15) is 125 Å². The summed E-state index contributed by atoms with van der Waals surface area (Å²) in [6.45, 7) is 23.3. The van der Waals surface area contributed by atoms with Gasteiger partial charge in [-0.2, -0.15) is 0 Å². The molecule has 226 valence electrons. The Morgan fingerprint density at radius 1 is 0.878 bits per heavy atom. The SMILES string of the molecule is C=C(C)[C@@H]1CC[C@]2(C(=O)NCc3ccccc3)CC[C@]3(C)C(CCC4[C@@]5(C)CC[C@H](C)[C@@](C)(CC)[C@@H]5CC[C@]43C)C12. The van der Waals surface area contributed by atoms with E-state index in [0.717, 1.165) is 37.0 Å². The van der Waals surface area contributed by atoms with Crippen LogP contribution in [-0.2, 0) is 11.3 Å². The Morgan fingerprint density at radius 2 is 1.61 bits per heavy atom. The molecule has 1 amide bonds. The number of benzene rings is 1. The molecule has 0 heterocycles. The second kappa shape index (κ2) is 9.99. The summed E-state index contributed by atoms with van der Waals surface area (Å²) in [5.74, 6) is 4.35. The number of carbonyl (C=O) groups excluding carboxylic acids is 1. The third-order valence-corrected chi connectivity index (χ3v) is 15.9. The van der Waals surface area contributed by atoms with Gasteiger partial charge in [-0.25, -0.2) is 0 Å². The first-order chi connectivity index (χ1) is 19.4. The predicted octanol–water partition coefficient (Wildman–Crippen LogP) is 9.99. The molecule has 1 aromatic rings. The van der Waals surface area contributed by atoms with E-state index in [1.165, 1.54) is 62.5 Å². The lowest BCUT2D eigenvalue weighted by Crippen LogP contribution is -2.67. The van der Waals surface area contributed by atoms with Gasteiger partial charge in [-0.15, -0.1) is 0 Å². The Bertz CT molecular complexity index is 1170. The Kier molecular flexibility index (Phi) is 7.18. The summed E-state index contributed by atoms with van der Waals surface area (Å²) in [5.41, 5.74) is 3.85. The molecule has 0 saturated heterocycles. The predicted molar refractivity (Wildman–Crippen MR) is 171 cm³/mol. The quantitative estimate of drug-likeness (QED) is 0.359. The van der Waals surface area contributed by atoms with Crippen molar-refractivity contribution in [3.05, 3.63) is 48.0 Å². The lowest BCUT2D eigenvalue weighted by molar-refractivity contribution is -0.243. The van der Waals surface area contributed by atoms with Gasteiger partial charge >= 0.3 is 0 Å². The van der Waals surface area contributed by atoms with Gasteiger partial charge in [-0.3, -0.25) is 4.79 Å². The van der Waals surface area contributed by atoms with E-state index in [4.69, 9.17) is 0 Å². The van der Waals surface area contributed by atoms with Crippen LogP contribution in [-0.4, -0.2) is 5.91 Å². The first kappa shape index (κ1) is 29.5. The van der Waals surface area contributed by atoms with Crippen LogP contribution in [0.3, 0.4) is 0 Å². The number of amides is 1. The van der Waals surface area contributed by atoms with Crippen molar-refractivity contribution in [3.63, 3.8) is 0 Å². The minimum absolute atomic E-state index is 0.228. The zero-order valence-corrected chi connectivity index (χ0v) is 27.5. The van der Waals surface area contributed by atoms with Gasteiger partial charge in [0.25, 0.3) is 0 Å². The van der Waals surface area contributed by atoms with E-state index >= 15 is 0 Å². The van der Waals surface area contributed by atoms with Gasteiger partial charge in [-0.05, 0) is 134 Å². The molecule has 1 N–H and O–H groups in total. The highest BCUT2D eigenvalue weighted by molar-refractivity contribution is 5.84. The Morgan fingerprint density at radius 3 is 2.29 bits per heavy atom. The van der Waals surface area contributed by atoms with Crippen molar-refractivity contribution >= 4 is 5.91 Å². The van der Waals surface area contributed by atoms with E-state index in [0.29, 0.717) is 51.9 Å². The van der Waals surface area contributed by atoms with E-state index in [9.17, 15) is 4.79 Å². The molecule has 5 aliphatic rings. The fraction of sp³-hybridized carbons (Fsp3) is 0.769. The van der Waals surface area contributed by atoms with Gasteiger partial charge < -0.3 is 5.32 Å². The van der Waals surface area contributed by atoms with Crippen molar-refractivity contribution in [2.24, 2.45) is 62.6 Å². The minimum atomic E-state index is -0.228. The third-order valence-electron chi connectivity index (χ3n) is 15.9. The first-order valence-electron chi connectivity index (χ1n) is 17.3. The first-order valence-corrected chi connectivity index (χ1v) is 17.3. The normalized spacial score (nSPS) is 48.8. The van der Waals surface area contributed by atoms with E-state index < -0.39 is 0 Å². The van der Waals surface area contributed by atoms with Crippen LogP contribution in [0, 0.1) is 62.6 Å². The van der Waals surface area contributed by atoms with Crippen LogP contribution >= 0.6 is 0 Å². The number of allylic oxidation sites excluding steroid dienone is 1. The summed E-state index contributed by atoms with van der Waals surface area (Å²) in [6, 6.07) is 10.5. The van der Waals surface area contributed by atoms with Gasteiger partial charge in [-0.1, -0.05) is 90.4 Å². The van der Waals surface area contributed by atoms with E-state index in [1.807, 2.05) is 0 Å². The molecule has 2 heteroatoms. The average Bonchev–Trinajstić information content (AvgIpc) is 3.36. The number of fused-ring (bicyclic) bond motifs is 7. The largest absolute Gasteiger partial charge is 0.352 e. The Labute approximate surface area is 251 Å². The standard InChI is InChI=1S/C39H59NO/c1-9-35(5)27(4)17-20-36(6)31(35)19-21-38(8)32(36)16-15-30-33-29(26(2)3)18-22-39(33,24-23-37(30,38)7)34(41)40-25-28-13-11-10-12-14-28/h10-14,27,29-33H,2,9,15-25H2,1,3-8H3,(H,40,41)/t27-,29-,30?,31-,32?,33?,35+,36-,37+,38+,39-/m0/s1. The van der Waals surface area contributed by atoms with Crippen molar-refractivity contribution in [3.8, 4) is 0 Å². The zero-order chi connectivity index (χ0) is 29.4. The number of rotatable bonds is 5. The van der Waals surface area contributed by atoms with E-state index in [1.54, 1.807) is 0 Å². The lowest BCUT2D eigenvalue weighted by Gasteiger charge is -2.73. The molecular formula is C39H59NO. The molecular weight excluding hydrogens is 498 g/mol. The molecule has 0 bridgehead atoms. The molecule has 0 spiro atoms. The fourth-order valence-corrected chi connectivity index (χ4v) is 13.1. The summed E-state index contributed by atoms with van der Waals surface area (Å²) in [5, 5.41) is 3.46. The Hall–Kier alpha value is -1.57. The summed E-state index contributed by atoms with van der Waals surface area (Å²) in [4.78, 5) is 14.3. The summed E-state index contributed by atoms with van der Waals surface area (Å²) >= 11 is 0. The van der Waals surface area contributed by atoms with Crippen molar-refractivity contribution in [1.29, 1.82) is 0 Å². The van der Waals surface area contributed by atoms with Crippen LogP contribution in [0.5, 0.6) is 0 Å². The van der Waals surface area contributed by atoms with E-state index in [2.05, 4.69) is 90.7 Å². The van der Waals surface area contributed by atoms with Crippen LogP contribution in [0.4, 0.5) is 0 Å². The van der Waals surface area contributed by atoms with Crippen LogP contribution in [0.15, 0.2) is 42.5 Å². The molecule has 2 nitrogen and oxygen atoms in total. The topological polar surface area (TPSA) is 29.1 Å². The highest BCUT2D eigenvalue weighted by Gasteiger charge is 2.71. The van der Waals surface area contributed by atoms with Crippen LogP contribution in [0.2, 0.25) is 0 Å². The van der Waals surface area contributed by atoms with E-state index in [-0.39, 0.29) is 5.41 Å². The highest BCUT2D eigenvalue weighted by atomic mass is 16.2. The van der Waals surface area contributed by atoms with Crippen molar-refractivity contribution < 1.29 is 4.79 Å². The van der Waals surface area contributed by atoms with Crippen LogP contribution in [0.25, 0.3) is 0 Å². The molecule has 41 heavy (non-hydrogen) atoms. The summed E-state index contributed by atoms with van der Waals surface area (Å²) in [6.07, 6.45) is 14.0. The summed E-state index contributed by atoms with van der Waals surface area (Å²) in [7, 11) is 0. The molecule has 5 saturated carbocycles. The zero-order valence-electron chi connectivity index (χ0n) is 27.5. The minimum Gasteiger partial charge on any atom is -0.352 e. The van der Waals surface area contributed by atoms with Gasteiger partial charge in [0.1, 0.15) is 0 Å². The third kappa shape index (κ3) is 3.96. The molecule has 0 aromatic heterocycles. The number of nitrogens with one attached hydrogen (secondary N) is 1. The molecule has 0 aliphatic heterocycles. The highest BCUT2D eigenvalue weighted by Crippen LogP contribution is 2.78. The second-order valence-electron chi connectivity index (χ2n) is 16.8. The number of hydrogen-bond acceptors (Lipinski definition) is 1. The van der Waals surface area contributed by atoms with Gasteiger partial charge in [0.15, 0.2) is 0 Å². The molecule has 3 unspecified atom stereocenters. The maximum atomic E-state index is 14.3. The smallest absolute Gasteiger partial charge is 0.226 e. The number of hydrogen-bond donors (Lipinski definition) is 1. The van der Waals surface area contributed by atoms with Crippen molar-refractivity contribution in [2.75, 3.05) is 0 Å². The molecule has 11 atom stereocenters. The molecule has 5 fully saturated rings. The molecule has 0 radical (unpaired) electrons. The molecule has 6 rings (SSSR count). The van der Waals surface area contributed by atoms with Gasteiger partial charge in [0, 0.05) is 6.54 Å². The monoisotopic (exact) mass is 557 g/mol. The Balaban J connectivity index is 1.34. The molecule has 5 aliphatic carbocycles.